The highest BCUT2D eigenvalue weighted by Gasteiger charge is 2.61. The van der Waals surface area contributed by atoms with Crippen molar-refractivity contribution in [2.75, 3.05) is 6.61 Å². The third-order valence-electron chi connectivity index (χ3n) is 9.20. The Bertz CT molecular complexity index is 557. The fourth-order valence-electron chi connectivity index (χ4n) is 7.85. The molecule has 3 heteroatoms. The van der Waals surface area contributed by atoms with Crippen molar-refractivity contribution in [1.82, 2.24) is 0 Å². The minimum absolute atomic E-state index is 0.0220. The average molecular weight is 346 g/mol. The van der Waals surface area contributed by atoms with E-state index in [0.717, 1.165) is 37.0 Å². The highest BCUT2D eigenvalue weighted by atomic mass is 16.5. The van der Waals surface area contributed by atoms with Gasteiger partial charge >= 0.3 is 0 Å². The van der Waals surface area contributed by atoms with E-state index in [1.165, 1.54) is 32.1 Å². The first-order valence-corrected chi connectivity index (χ1v) is 10.6. The molecule has 4 fully saturated rings. The largest absolute Gasteiger partial charge is 0.390 e. The van der Waals surface area contributed by atoms with E-state index in [1.54, 1.807) is 0 Å². The van der Waals surface area contributed by atoms with Gasteiger partial charge in [0.2, 0.25) is 0 Å². The van der Waals surface area contributed by atoms with Gasteiger partial charge in [-0.05, 0) is 92.8 Å². The molecule has 0 amide bonds. The quantitative estimate of drug-likeness (QED) is 0.799. The molecule has 4 saturated carbocycles. The molecule has 0 bridgehead atoms. The molecule has 4 aliphatic carbocycles. The van der Waals surface area contributed by atoms with Gasteiger partial charge in [-0.15, -0.1) is 0 Å². The highest BCUT2D eigenvalue weighted by molar-refractivity contribution is 5.13. The second kappa shape index (κ2) is 6.24. The summed E-state index contributed by atoms with van der Waals surface area (Å²) in [5.74, 6) is 3.21. The Morgan fingerprint density at radius 3 is 2.56 bits per heavy atom. The monoisotopic (exact) mass is 345 g/mol. The van der Waals surface area contributed by atoms with Crippen LogP contribution in [0.5, 0.6) is 0 Å². The third kappa shape index (κ3) is 2.51. The van der Waals surface area contributed by atoms with Gasteiger partial charge in [0.05, 0.1) is 24.2 Å². The van der Waals surface area contributed by atoms with E-state index in [0.29, 0.717) is 17.9 Å². The maximum Gasteiger partial charge on any atom is 0.0839 e. The maximum atomic E-state index is 10.5. The molecule has 0 radical (unpaired) electrons. The number of nitrogens with zero attached hydrogens (tertiary/aromatic N) is 1. The Labute approximate surface area is 153 Å². The molecular weight excluding hydrogens is 310 g/mol. The fraction of sp³-hybridized carbons (Fsp3) is 0.955. The summed E-state index contributed by atoms with van der Waals surface area (Å²) in [6, 6.07) is 2.64. The van der Waals surface area contributed by atoms with Crippen LogP contribution in [0, 0.1) is 51.8 Å². The molecule has 3 nitrogen and oxygen atoms in total. The summed E-state index contributed by atoms with van der Waals surface area (Å²) in [5, 5.41) is 20.2. The average Bonchev–Trinajstić information content (AvgIpc) is 2.93. The van der Waals surface area contributed by atoms with Crippen molar-refractivity contribution in [2.24, 2.45) is 40.4 Å². The summed E-state index contributed by atoms with van der Waals surface area (Å²) in [6.45, 7) is 7.65. The lowest BCUT2D eigenvalue weighted by atomic mass is 9.44. The predicted octanol–water partition coefficient (Wildman–Crippen LogP) is 4.54. The number of fused-ring (bicyclic) bond motifs is 5. The number of aliphatic hydroxyl groups excluding tert-OH is 1. The topological polar surface area (TPSA) is 53.2 Å². The lowest BCUT2D eigenvalue weighted by Gasteiger charge is -2.61. The normalized spacial score (nSPS) is 54.9. The molecule has 0 spiro atoms. The first-order chi connectivity index (χ1) is 11.9. The molecule has 4 rings (SSSR count). The van der Waals surface area contributed by atoms with Crippen LogP contribution in [0.15, 0.2) is 0 Å². The third-order valence-corrected chi connectivity index (χ3v) is 9.20. The van der Waals surface area contributed by atoms with Gasteiger partial charge < -0.3 is 9.84 Å². The molecule has 0 aliphatic heterocycles. The first kappa shape index (κ1) is 17.8. The minimum atomic E-state index is -0.280. The minimum Gasteiger partial charge on any atom is -0.390 e. The maximum absolute atomic E-state index is 10.5. The van der Waals surface area contributed by atoms with Crippen molar-refractivity contribution in [3.8, 4) is 6.07 Å². The molecule has 4 aliphatic rings. The van der Waals surface area contributed by atoms with Crippen LogP contribution in [-0.4, -0.2) is 23.9 Å². The van der Waals surface area contributed by atoms with Crippen LogP contribution in [-0.2, 0) is 4.74 Å². The van der Waals surface area contributed by atoms with E-state index in [-0.39, 0.29) is 23.5 Å². The van der Waals surface area contributed by atoms with Gasteiger partial charge in [0.25, 0.3) is 0 Å². The number of hydrogen-bond donors (Lipinski definition) is 1. The van der Waals surface area contributed by atoms with Crippen LogP contribution in [0.25, 0.3) is 0 Å². The zero-order valence-electron chi connectivity index (χ0n) is 16.2. The number of aliphatic hydroxyl groups is 1. The summed E-state index contributed by atoms with van der Waals surface area (Å²) < 4.78 is 5.94. The van der Waals surface area contributed by atoms with Gasteiger partial charge in [-0.1, -0.05) is 13.8 Å². The van der Waals surface area contributed by atoms with E-state index < -0.39 is 0 Å². The van der Waals surface area contributed by atoms with E-state index in [2.05, 4.69) is 19.9 Å². The zero-order valence-corrected chi connectivity index (χ0v) is 16.2. The molecule has 140 valence electrons. The molecule has 0 heterocycles. The van der Waals surface area contributed by atoms with Crippen molar-refractivity contribution in [3.05, 3.63) is 0 Å². The first-order valence-electron chi connectivity index (χ1n) is 10.6. The number of ether oxygens (including phenoxy) is 1. The van der Waals surface area contributed by atoms with Crippen LogP contribution in [0.1, 0.15) is 72.1 Å². The second-order valence-electron chi connectivity index (χ2n) is 9.96. The van der Waals surface area contributed by atoms with E-state index in [1.807, 2.05) is 6.92 Å². The Morgan fingerprint density at radius 2 is 1.84 bits per heavy atom. The Hall–Kier alpha value is -0.590. The zero-order chi connectivity index (χ0) is 17.8. The van der Waals surface area contributed by atoms with Crippen molar-refractivity contribution in [3.63, 3.8) is 0 Å². The van der Waals surface area contributed by atoms with Gasteiger partial charge in [0, 0.05) is 6.61 Å². The Balaban J connectivity index is 1.60. The molecule has 0 aromatic heterocycles. The Morgan fingerprint density at radius 1 is 1.08 bits per heavy atom. The summed E-state index contributed by atoms with van der Waals surface area (Å²) in [6.07, 6.45) is 9.14. The molecule has 0 aromatic carbocycles. The molecule has 25 heavy (non-hydrogen) atoms. The van der Waals surface area contributed by atoms with Crippen molar-refractivity contribution >= 4 is 0 Å². The fourth-order valence-corrected chi connectivity index (χ4v) is 7.85. The van der Waals surface area contributed by atoms with Crippen molar-refractivity contribution in [2.45, 2.75) is 84.3 Å². The molecule has 1 unspecified atom stereocenters. The summed E-state index contributed by atoms with van der Waals surface area (Å²) in [7, 11) is 0. The predicted molar refractivity (Wildman–Crippen MR) is 97.6 cm³/mol. The van der Waals surface area contributed by atoms with Crippen LogP contribution >= 0.6 is 0 Å². The number of nitriles is 1. The second-order valence-corrected chi connectivity index (χ2v) is 9.96. The van der Waals surface area contributed by atoms with Gasteiger partial charge in [0.15, 0.2) is 0 Å². The molecule has 0 aromatic rings. The summed E-state index contributed by atoms with van der Waals surface area (Å²) in [5.41, 5.74) is 0.570. The SMILES string of the molecule is CCO[C@H]1C[C@@]2(C)[C@@H](CC[C@H]3[C@@H]4CC[C@@H](C#N)C4(C)CC[C@@H]32)C[C@@H]1O. The summed E-state index contributed by atoms with van der Waals surface area (Å²) >= 11 is 0. The number of hydrogen-bond acceptors (Lipinski definition) is 3. The van der Waals surface area contributed by atoms with Gasteiger partial charge in [-0.25, -0.2) is 0 Å². The lowest BCUT2D eigenvalue weighted by molar-refractivity contribution is -0.169. The van der Waals surface area contributed by atoms with Crippen molar-refractivity contribution < 1.29 is 9.84 Å². The van der Waals surface area contributed by atoms with Crippen LogP contribution in [0.3, 0.4) is 0 Å². The molecule has 1 N–H and O–H groups in total. The summed E-state index contributed by atoms with van der Waals surface area (Å²) in [4.78, 5) is 0. The molecular formula is C22H35NO2. The van der Waals surface area contributed by atoms with Gasteiger partial charge in [-0.2, -0.15) is 5.26 Å². The number of rotatable bonds is 2. The molecule has 0 saturated heterocycles. The smallest absolute Gasteiger partial charge is 0.0839 e. The van der Waals surface area contributed by atoms with Gasteiger partial charge in [-0.3, -0.25) is 0 Å². The Kier molecular flexibility index (Phi) is 4.44. The van der Waals surface area contributed by atoms with Crippen molar-refractivity contribution in [1.29, 1.82) is 5.26 Å². The highest BCUT2D eigenvalue weighted by Crippen LogP contribution is 2.67. The molecule has 9 atom stereocenters. The standard InChI is InChI=1S/C22H35NO2/c1-4-25-20-12-22(3)14(11-19(20)24)5-7-16-17-8-6-15(13-23)21(17,2)10-9-18(16)22/h14-20,24H,4-12H2,1-3H3/t14-,15-,16-,17-,18-,19-,20-,21?,22-/m0/s1. The van der Waals surface area contributed by atoms with E-state index in [4.69, 9.17) is 4.74 Å². The van der Waals surface area contributed by atoms with Crippen LogP contribution in [0.2, 0.25) is 0 Å². The lowest BCUT2D eigenvalue weighted by Crippen LogP contribution is -2.57. The van der Waals surface area contributed by atoms with Crippen LogP contribution in [0.4, 0.5) is 0 Å². The van der Waals surface area contributed by atoms with Gasteiger partial charge in [0.1, 0.15) is 0 Å². The van der Waals surface area contributed by atoms with Crippen LogP contribution < -0.4 is 0 Å². The van der Waals surface area contributed by atoms with E-state index in [9.17, 15) is 10.4 Å². The van der Waals surface area contributed by atoms with E-state index >= 15 is 0 Å².